The van der Waals surface area contributed by atoms with Crippen molar-refractivity contribution in [2.75, 3.05) is 20.3 Å². The van der Waals surface area contributed by atoms with Crippen LogP contribution in [0.25, 0.3) is 0 Å². The van der Waals surface area contributed by atoms with E-state index in [2.05, 4.69) is 41.6 Å². The first-order chi connectivity index (χ1) is 7.95. The summed E-state index contributed by atoms with van der Waals surface area (Å²) in [7, 11) is -1.97. The molecule has 1 rings (SSSR count). The van der Waals surface area contributed by atoms with Gasteiger partial charge in [-0.2, -0.15) is 0 Å². The number of pyridine rings is 1. The van der Waals surface area contributed by atoms with Crippen molar-refractivity contribution in [3.05, 3.63) is 22.9 Å². The van der Waals surface area contributed by atoms with Gasteiger partial charge in [0, 0.05) is 30.5 Å². The maximum absolute atomic E-state index is 11.9. The molecule has 0 radical (unpaired) electrons. The molecule has 1 heterocycles. The number of aromatic nitrogens is 1. The molecule has 1 aromatic rings. The fraction of sp³-hybridized carbons (Fsp3) is 0.444. The van der Waals surface area contributed by atoms with Crippen LogP contribution in [0.3, 0.4) is 0 Å². The Balaban J connectivity index is 2.69. The molecule has 0 aliphatic rings. The molecule has 1 N–H and O–H groups in total. The number of methoxy groups -OCH3 is 1. The van der Waals surface area contributed by atoms with Gasteiger partial charge in [0.15, 0.2) is 0 Å². The summed E-state index contributed by atoms with van der Waals surface area (Å²) in [5, 5.41) is 0. The summed E-state index contributed by atoms with van der Waals surface area (Å²) >= 11 is 6.48. The summed E-state index contributed by atoms with van der Waals surface area (Å²) in [6.07, 6.45) is 2.82. The first kappa shape index (κ1) is 15.0. The Hall–Kier alpha value is -0.0200. The van der Waals surface area contributed by atoms with Crippen LogP contribution in [0, 0.1) is 0 Å². The molecule has 17 heavy (non-hydrogen) atoms. The number of nitrogens with one attached hydrogen (secondary N) is 1. The van der Waals surface area contributed by atoms with Gasteiger partial charge in [-0.25, -0.2) is 13.1 Å². The molecule has 0 fully saturated rings. The minimum atomic E-state index is -3.52. The lowest BCUT2D eigenvalue weighted by Gasteiger charge is -2.10. The van der Waals surface area contributed by atoms with Crippen LogP contribution in [0.2, 0.25) is 0 Å². The Morgan fingerprint density at radius 1 is 1.53 bits per heavy atom. The van der Waals surface area contributed by atoms with Crippen LogP contribution in [0.4, 0.5) is 0 Å². The summed E-state index contributed by atoms with van der Waals surface area (Å²) in [4.78, 5) is 3.87. The average Bonchev–Trinajstić information content (AvgIpc) is 2.27. The van der Waals surface area contributed by atoms with Crippen molar-refractivity contribution in [3.8, 4) is 0 Å². The normalized spacial score (nSPS) is 13.6. The summed E-state index contributed by atoms with van der Waals surface area (Å²) in [6, 6.07) is 1.49. The van der Waals surface area contributed by atoms with E-state index in [1.807, 2.05) is 0 Å². The summed E-state index contributed by atoms with van der Waals surface area (Å²) in [5.74, 6) is 0. The largest absolute Gasteiger partial charge is 0.383 e. The van der Waals surface area contributed by atoms with Crippen molar-refractivity contribution < 1.29 is 13.2 Å². The van der Waals surface area contributed by atoms with E-state index in [1.54, 1.807) is 7.11 Å². The van der Waals surface area contributed by atoms with Crippen LogP contribution in [-0.2, 0) is 14.8 Å². The number of halogens is 2. The van der Waals surface area contributed by atoms with Crippen molar-refractivity contribution in [2.45, 2.75) is 9.72 Å². The molecular formula is C9H12Br2N2O3S. The van der Waals surface area contributed by atoms with E-state index in [9.17, 15) is 8.42 Å². The van der Waals surface area contributed by atoms with Crippen LogP contribution < -0.4 is 4.72 Å². The summed E-state index contributed by atoms with van der Waals surface area (Å²) in [6.45, 7) is 0.682. The highest BCUT2D eigenvalue weighted by atomic mass is 79.9. The van der Waals surface area contributed by atoms with Gasteiger partial charge in [0.1, 0.15) is 4.90 Å². The SMILES string of the molecule is COCC(Br)CNS(=O)(=O)c1cncc(Br)c1. The van der Waals surface area contributed by atoms with E-state index >= 15 is 0 Å². The quantitative estimate of drug-likeness (QED) is 0.751. The van der Waals surface area contributed by atoms with Gasteiger partial charge in [-0.3, -0.25) is 4.98 Å². The third-order valence-electron chi connectivity index (χ3n) is 1.83. The Bertz CT molecular complexity index is 467. The van der Waals surface area contributed by atoms with Crippen LogP contribution in [0.1, 0.15) is 0 Å². The monoisotopic (exact) mass is 386 g/mol. The van der Waals surface area contributed by atoms with E-state index in [0.29, 0.717) is 11.1 Å². The van der Waals surface area contributed by atoms with Crippen LogP contribution in [-0.4, -0.2) is 38.5 Å². The molecule has 1 atom stereocenters. The molecule has 5 nitrogen and oxygen atoms in total. The van der Waals surface area contributed by atoms with Crippen LogP contribution in [0.5, 0.6) is 0 Å². The standard InChI is InChI=1S/C9H12Br2N2O3S/c1-16-6-8(11)4-13-17(14,15)9-2-7(10)3-12-5-9/h2-3,5,8,13H,4,6H2,1H3. The zero-order valence-electron chi connectivity index (χ0n) is 9.06. The second-order valence-electron chi connectivity index (χ2n) is 3.24. The van der Waals surface area contributed by atoms with Gasteiger partial charge in [-0.05, 0) is 22.0 Å². The molecule has 0 saturated heterocycles. The summed E-state index contributed by atoms with van der Waals surface area (Å²) < 4.78 is 31.7. The number of hydrogen-bond donors (Lipinski definition) is 1. The predicted molar refractivity (Wildman–Crippen MR) is 71.7 cm³/mol. The maximum Gasteiger partial charge on any atom is 0.242 e. The molecule has 0 amide bonds. The highest BCUT2D eigenvalue weighted by molar-refractivity contribution is 9.10. The Morgan fingerprint density at radius 3 is 2.82 bits per heavy atom. The van der Waals surface area contributed by atoms with Crippen molar-refractivity contribution in [2.24, 2.45) is 0 Å². The molecule has 0 saturated carbocycles. The lowest BCUT2D eigenvalue weighted by atomic mass is 10.5. The first-order valence-corrected chi connectivity index (χ1v) is 7.88. The molecule has 0 aliphatic heterocycles. The Kier molecular flexibility index (Phi) is 6.01. The van der Waals surface area contributed by atoms with Gasteiger partial charge in [-0.15, -0.1) is 0 Å². The number of nitrogens with zero attached hydrogens (tertiary/aromatic N) is 1. The van der Waals surface area contributed by atoms with E-state index in [0.717, 1.165) is 0 Å². The highest BCUT2D eigenvalue weighted by Crippen LogP contribution is 2.14. The zero-order chi connectivity index (χ0) is 12.9. The van der Waals surface area contributed by atoms with Gasteiger partial charge in [0.25, 0.3) is 0 Å². The second-order valence-corrected chi connectivity index (χ2v) is 7.22. The van der Waals surface area contributed by atoms with E-state index in [-0.39, 0.29) is 16.3 Å². The number of rotatable bonds is 6. The van der Waals surface area contributed by atoms with E-state index in [4.69, 9.17) is 4.74 Å². The molecule has 0 bridgehead atoms. The molecule has 1 unspecified atom stereocenters. The Labute approximate surface area is 117 Å². The van der Waals surface area contributed by atoms with Gasteiger partial charge in [-0.1, -0.05) is 15.9 Å². The van der Waals surface area contributed by atoms with Gasteiger partial charge in [0.2, 0.25) is 10.0 Å². The van der Waals surface area contributed by atoms with E-state index < -0.39 is 10.0 Å². The topological polar surface area (TPSA) is 68.3 Å². The molecule has 96 valence electrons. The number of hydrogen-bond acceptors (Lipinski definition) is 4. The highest BCUT2D eigenvalue weighted by Gasteiger charge is 2.16. The van der Waals surface area contributed by atoms with Crippen molar-refractivity contribution in [1.29, 1.82) is 0 Å². The second kappa shape index (κ2) is 6.79. The Morgan fingerprint density at radius 2 is 2.24 bits per heavy atom. The van der Waals surface area contributed by atoms with E-state index in [1.165, 1.54) is 18.5 Å². The minimum absolute atomic E-state index is 0.0672. The molecule has 0 aliphatic carbocycles. The smallest absolute Gasteiger partial charge is 0.242 e. The molecular weight excluding hydrogens is 376 g/mol. The van der Waals surface area contributed by atoms with Crippen molar-refractivity contribution in [3.63, 3.8) is 0 Å². The molecule has 0 aromatic carbocycles. The zero-order valence-corrected chi connectivity index (χ0v) is 13.0. The van der Waals surface area contributed by atoms with Crippen LogP contribution >= 0.6 is 31.9 Å². The van der Waals surface area contributed by atoms with Gasteiger partial charge >= 0.3 is 0 Å². The number of ether oxygens (including phenoxy) is 1. The number of sulfonamides is 1. The number of alkyl halides is 1. The maximum atomic E-state index is 11.9. The fourth-order valence-corrected chi connectivity index (χ4v) is 3.29. The lowest BCUT2D eigenvalue weighted by molar-refractivity contribution is 0.201. The van der Waals surface area contributed by atoms with Crippen LogP contribution in [0.15, 0.2) is 27.8 Å². The first-order valence-electron chi connectivity index (χ1n) is 4.69. The molecule has 0 spiro atoms. The third-order valence-corrected chi connectivity index (χ3v) is 4.24. The van der Waals surface area contributed by atoms with Crippen molar-refractivity contribution in [1.82, 2.24) is 9.71 Å². The fourth-order valence-electron chi connectivity index (χ4n) is 1.06. The molecule has 8 heteroatoms. The predicted octanol–water partition coefficient (Wildman–Crippen LogP) is 1.53. The average molecular weight is 388 g/mol. The minimum Gasteiger partial charge on any atom is -0.383 e. The van der Waals surface area contributed by atoms with Gasteiger partial charge < -0.3 is 4.74 Å². The third kappa shape index (κ3) is 5.01. The van der Waals surface area contributed by atoms with Crippen molar-refractivity contribution >= 4 is 41.9 Å². The van der Waals surface area contributed by atoms with Gasteiger partial charge in [0.05, 0.1) is 11.4 Å². The lowest BCUT2D eigenvalue weighted by Crippen LogP contribution is -2.31. The summed E-state index contributed by atoms with van der Waals surface area (Å²) in [5.41, 5.74) is 0. The molecule has 1 aromatic heterocycles.